The molecule has 1 aromatic rings. The smallest absolute Gasteiger partial charge is 0.265 e. The Kier molecular flexibility index (Phi) is 6.75. The molecule has 0 saturated carbocycles. The number of amides is 2. The van der Waals surface area contributed by atoms with Crippen LogP contribution in [0.15, 0.2) is 41.0 Å². The lowest BCUT2D eigenvalue weighted by molar-refractivity contribution is -0.133. The Labute approximate surface area is 196 Å². The van der Waals surface area contributed by atoms with Crippen LogP contribution in [0.2, 0.25) is 0 Å². The third-order valence-electron chi connectivity index (χ3n) is 6.05. The molecule has 1 N–H and O–H groups in total. The van der Waals surface area contributed by atoms with Crippen LogP contribution in [0, 0.1) is 19.3 Å². The average molecular weight is 453 g/mol. The molecule has 1 heterocycles. The van der Waals surface area contributed by atoms with Crippen molar-refractivity contribution in [3.05, 3.63) is 57.7 Å². The summed E-state index contributed by atoms with van der Waals surface area (Å²) in [6.07, 6.45) is 7.54. The van der Waals surface area contributed by atoms with Crippen LogP contribution in [0.25, 0.3) is 6.08 Å². The van der Waals surface area contributed by atoms with Gasteiger partial charge in [0.15, 0.2) is 5.11 Å². The quantitative estimate of drug-likeness (QED) is 0.394. The van der Waals surface area contributed by atoms with Crippen molar-refractivity contribution in [2.24, 2.45) is 5.41 Å². The molecule has 1 aliphatic carbocycles. The molecule has 170 valence electrons. The standard InChI is InChI=1S/C26H32N2O3S/c1-7-27-23(30)21(24(31)28(8-2)25(27)32)20-13-19(14-26(5,6)15-20)10-9-18-11-16(3)22(29)17(4)12-18/h9-13,29H,7-8,14-15H2,1-6H3/b10-9+. The molecule has 3 rings (SSSR count). The molecule has 0 atom stereocenters. The van der Waals surface area contributed by atoms with Gasteiger partial charge in [0.25, 0.3) is 11.8 Å². The highest BCUT2D eigenvalue weighted by atomic mass is 32.1. The molecule has 1 aliphatic heterocycles. The zero-order valence-corrected chi connectivity index (χ0v) is 20.6. The van der Waals surface area contributed by atoms with E-state index in [-0.39, 0.29) is 27.9 Å². The highest BCUT2D eigenvalue weighted by molar-refractivity contribution is 7.80. The summed E-state index contributed by atoms with van der Waals surface area (Å²) in [5.74, 6) is -0.283. The van der Waals surface area contributed by atoms with Crippen molar-refractivity contribution >= 4 is 35.2 Å². The van der Waals surface area contributed by atoms with Gasteiger partial charge in [-0.2, -0.15) is 0 Å². The molecule has 0 bridgehead atoms. The number of likely N-dealkylation sites (N-methyl/N-ethyl adjacent to an activating group) is 2. The van der Waals surface area contributed by atoms with Crippen molar-refractivity contribution in [3.63, 3.8) is 0 Å². The Morgan fingerprint density at radius 2 is 1.53 bits per heavy atom. The highest BCUT2D eigenvalue weighted by Gasteiger charge is 2.41. The molecule has 2 amide bonds. The van der Waals surface area contributed by atoms with Gasteiger partial charge in [0.1, 0.15) is 11.3 Å². The molecule has 5 nitrogen and oxygen atoms in total. The van der Waals surface area contributed by atoms with Gasteiger partial charge in [-0.3, -0.25) is 19.4 Å². The number of aromatic hydroxyl groups is 1. The Morgan fingerprint density at radius 1 is 1.00 bits per heavy atom. The number of phenols is 1. The molecule has 2 aliphatic rings. The first kappa shape index (κ1) is 23.9. The maximum atomic E-state index is 13.2. The Bertz CT molecular complexity index is 1030. The first-order valence-corrected chi connectivity index (χ1v) is 11.5. The fourth-order valence-corrected chi connectivity index (χ4v) is 4.95. The molecule has 6 heteroatoms. The van der Waals surface area contributed by atoms with Crippen molar-refractivity contribution in [3.8, 4) is 5.75 Å². The number of thiocarbonyl (C=S) groups is 1. The molecular formula is C26H32N2O3S. The predicted molar refractivity (Wildman–Crippen MR) is 132 cm³/mol. The van der Waals surface area contributed by atoms with E-state index < -0.39 is 0 Å². The van der Waals surface area contributed by atoms with Crippen LogP contribution < -0.4 is 0 Å². The van der Waals surface area contributed by atoms with Crippen LogP contribution in [0.3, 0.4) is 0 Å². The first-order chi connectivity index (χ1) is 15.0. The van der Waals surface area contributed by atoms with Crippen molar-refractivity contribution in [2.45, 2.75) is 54.4 Å². The maximum absolute atomic E-state index is 13.2. The van der Waals surface area contributed by atoms with Gasteiger partial charge >= 0.3 is 0 Å². The minimum atomic E-state index is -0.302. The second kappa shape index (κ2) is 9.02. The summed E-state index contributed by atoms with van der Waals surface area (Å²) in [7, 11) is 0. The lowest BCUT2D eigenvalue weighted by atomic mass is 9.73. The molecular weight excluding hydrogens is 420 g/mol. The summed E-state index contributed by atoms with van der Waals surface area (Å²) in [6, 6.07) is 3.89. The largest absolute Gasteiger partial charge is 0.507 e. The number of nitrogens with zero attached hydrogens (tertiary/aromatic N) is 2. The van der Waals surface area contributed by atoms with Gasteiger partial charge in [-0.1, -0.05) is 32.1 Å². The van der Waals surface area contributed by atoms with E-state index in [1.165, 1.54) is 9.80 Å². The second-order valence-electron chi connectivity index (χ2n) is 9.36. The van der Waals surface area contributed by atoms with Gasteiger partial charge in [0, 0.05) is 13.1 Å². The number of carbonyl (C=O) groups is 2. The van der Waals surface area contributed by atoms with Crippen LogP contribution in [-0.2, 0) is 9.59 Å². The van der Waals surface area contributed by atoms with Gasteiger partial charge in [0.2, 0.25) is 0 Å². The molecule has 0 aromatic heterocycles. The number of hydrogen-bond acceptors (Lipinski definition) is 4. The lowest BCUT2D eigenvalue weighted by Crippen LogP contribution is -2.56. The molecule has 1 saturated heterocycles. The first-order valence-electron chi connectivity index (χ1n) is 11.1. The van der Waals surface area contributed by atoms with Crippen LogP contribution in [0.4, 0.5) is 0 Å². The number of aryl methyl sites for hydroxylation is 2. The number of rotatable bonds is 4. The minimum Gasteiger partial charge on any atom is -0.507 e. The van der Waals surface area contributed by atoms with E-state index in [0.717, 1.165) is 34.3 Å². The molecule has 1 fully saturated rings. The summed E-state index contributed by atoms with van der Waals surface area (Å²) in [4.78, 5) is 29.4. The summed E-state index contributed by atoms with van der Waals surface area (Å²) in [6.45, 7) is 12.7. The number of carbonyl (C=O) groups excluding carboxylic acids is 2. The molecule has 1 aromatic carbocycles. The Balaban J connectivity index is 2.07. The Hall–Kier alpha value is -2.73. The molecule has 0 spiro atoms. The van der Waals surface area contributed by atoms with Crippen LogP contribution in [-0.4, -0.2) is 44.9 Å². The summed E-state index contributed by atoms with van der Waals surface area (Å²) >= 11 is 5.39. The second-order valence-corrected chi connectivity index (χ2v) is 9.72. The fraction of sp³-hybridized carbons (Fsp3) is 0.423. The number of benzene rings is 1. The van der Waals surface area contributed by atoms with E-state index in [9.17, 15) is 14.7 Å². The summed E-state index contributed by atoms with van der Waals surface area (Å²) in [5.41, 5.74) is 4.64. The van der Waals surface area contributed by atoms with Gasteiger partial charge in [-0.05, 0) is 98.1 Å². The summed E-state index contributed by atoms with van der Waals surface area (Å²) < 4.78 is 0. The van der Waals surface area contributed by atoms with E-state index in [1.807, 2.05) is 58.1 Å². The van der Waals surface area contributed by atoms with E-state index in [1.54, 1.807) is 0 Å². The van der Waals surface area contributed by atoms with E-state index in [0.29, 0.717) is 25.3 Å². The van der Waals surface area contributed by atoms with Crippen molar-refractivity contribution in [2.75, 3.05) is 13.1 Å². The normalized spacial score (nSPS) is 19.3. The molecule has 32 heavy (non-hydrogen) atoms. The van der Waals surface area contributed by atoms with Crippen molar-refractivity contribution in [1.29, 1.82) is 0 Å². The van der Waals surface area contributed by atoms with E-state index >= 15 is 0 Å². The monoisotopic (exact) mass is 452 g/mol. The fourth-order valence-electron chi connectivity index (χ4n) is 4.53. The topological polar surface area (TPSA) is 60.9 Å². The third kappa shape index (κ3) is 4.56. The average Bonchev–Trinajstić information content (AvgIpc) is 2.70. The molecule has 0 radical (unpaired) electrons. The van der Waals surface area contributed by atoms with Gasteiger partial charge in [0.05, 0.1) is 0 Å². The maximum Gasteiger partial charge on any atom is 0.265 e. The zero-order valence-electron chi connectivity index (χ0n) is 19.8. The van der Waals surface area contributed by atoms with Gasteiger partial charge < -0.3 is 5.11 Å². The lowest BCUT2D eigenvalue weighted by Gasteiger charge is -2.38. The molecule has 0 unspecified atom stereocenters. The van der Waals surface area contributed by atoms with E-state index in [2.05, 4.69) is 13.8 Å². The van der Waals surface area contributed by atoms with Crippen LogP contribution in [0.5, 0.6) is 5.75 Å². The number of hydrogen-bond donors (Lipinski definition) is 1. The van der Waals surface area contributed by atoms with Crippen LogP contribution in [0.1, 0.15) is 57.2 Å². The Morgan fingerprint density at radius 3 is 2.03 bits per heavy atom. The number of phenolic OH excluding ortho intramolecular Hbond substituents is 1. The SMILES string of the molecule is CCN1C(=O)C(=C2C=C(/C=C/c3cc(C)c(O)c(C)c3)CC(C)(C)C2)C(=O)N(CC)C1=S. The number of allylic oxidation sites excluding steroid dienone is 4. The highest BCUT2D eigenvalue weighted by Crippen LogP contribution is 2.41. The van der Waals surface area contributed by atoms with Gasteiger partial charge in [-0.25, -0.2) is 0 Å². The van der Waals surface area contributed by atoms with Crippen LogP contribution >= 0.6 is 12.2 Å². The van der Waals surface area contributed by atoms with Crippen molar-refractivity contribution in [1.82, 2.24) is 9.80 Å². The van der Waals surface area contributed by atoms with E-state index in [4.69, 9.17) is 12.2 Å². The third-order valence-corrected chi connectivity index (χ3v) is 6.49. The predicted octanol–water partition coefficient (Wildman–Crippen LogP) is 5.06. The zero-order chi connectivity index (χ0) is 23.8. The summed E-state index contributed by atoms with van der Waals surface area (Å²) in [5, 5.41) is 10.3. The minimum absolute atomic E-state index is 0.0931. The van der Waals surface area contributed by atoms with Gasteiger partial charge in [-0.15, -0.1) is 0 Å². The van der Waals surface area contributed by atoms with Crippen molar-refractivity contribution < 1.29 is 14.7 Å².